The van der Waals surface area contributed by atoms with Crippen molar-refractivity contribution in [1.29, 1.82) is 0 Å². The van der Waals surface area contributed by atoms with Gasteiger partial charge in [-0.2, -0.15) is 0 Å². The number of rotatable bonds is 4. The number of nitrogens with zero attached hydrogens (tertiary/aromatic N) is 1. The van der Waals surface area contributed by atoms with E-state index in [1.165, 1.54) is 5.56 Å². The molecule has 1 heterocycles. The highest BCUT2D eigenvalue weighted by Gasteiger charge is 2.17. The quantitative estimate of drug-likeness (QED) is 0.745. The Hall–Kier alpha value is -1.15. The van der Waals surface area contributed by atoms with E-state index in [2.05, 4.69) is 29.2 Å². The summed E-state index contributed by atoms with van der Waals surface area (Å²) in [4.78, 5) is 13.3. The molecule has 0 bridgehead atoms. The van der Waals surface area contributed by atoms with Crippen LogP contribution in [0.3, 0.4) is 0 Å². The molecule has 0 aliphatic carbocycles. The molecule has 0 N–H and O–H groups in total. The predicted molar refractivity (Wildman–Crippen MR) is 60.8 cm³/mol. The van der Waals surface area contributed by atoms with E-state index >= 15 is 0 Å². The summed E-state index contributed by atoms with van der Waals surface area (Å²) in [6.45, 7) is 2.70. The number of benzene rings is 1. The normalized spacial score (nSPS) is 17.2. The van der Waals surface area contributed by atoms with Crippen LogP contribution in [-0.2, 0) is 11.2 Å². The molecule has 1 aliphatic heterocycles. The van der Waals surface area contributed by atoms with Gasteiger partial charge >= 0.3 is 0 Å². The van der Waals surface area contributed by atoms with E-state index in [0.717, 1.165) is 32.4 Å². The first-order valence-electron chi connectivity index (χ1n) is 5.62. The zero-order valence-electron chi connectivity index (χ0n) is 8.98. The molecule has 0 unspecified atom stereocenters. The molecule has 1 fully saturated rings. The fraction of sp³-hybridized carbons (Fsp3) is 0.462. The Balaban J connectivity index is 1.69. The summed E-state index contributed by atoms with van der Waals surface area (Å²) in [6.07, 6.45) is 3.02. The second-order valence-electron chi connectivity index (χ2n) is 4.15. The first-order chi connectivity index (χ1) is 7.34. The highest BCUT2D eigenvalue weighted by molar-refractivity contribution is 5.82. The van der Waals surface area contributed by atoms with E-state index < -0.39 is 0 Å². The van der Waals surface area contributed by atoms with Gasteiger partial charge in [0, 0.05) is 13.0 Å². The fourth-order valence-electron chi connectivity index (χ4n) is 2.03. The minimum atomic E-state index is 0.398. The second kappa shape index (κ2) is 5.08. The Kier molecular flexibility index (Phi) is 3.51. The molecule has 1 aliphatic rings. The van der Waals surface area contributed by atoms with Crippen LogP contribution in [0.25, 0.3) is 0 Å². The topological polar surface area (TPSA) is 20.3 Å². The van der Waals surface area contributed by atoms with Gasteiger partial charge in [0.2, 0.25) is 0 Å². The van der Waals surface area contributed by atoms with Crippen LogP contribution in [0.2, 0.25) is 0 Å². The summed E-state index contributed by atoms with van der Waals surface area (Å²) in [5.41, 5.74) is 1.39. The summed E-state index contributed by atoms with van der Waals surface area (Å²) >= 11 is 0. The number of aryl methyl sites for hydroxylation is 1. The molecule has 2 nitrogen and oxygen atoms in total. The number of carbonyl (C=O) groups excluding carboxylic acids is 1. The van der Waals surface area contributed by atoms with Gasteiger partial charge in [0.1, 0.15) is 5.78 Å². The van der Waals surface area contributed by atoms with Crippen LogP contribution in [0.1, 0.15) is 18.4 Å². The Morgan fingerprint density at radius 3 is 2.67 bits per heavy atom. The summed E-state index contributed by atoms with van der Waals surface area (Å²) in [7, 11) is 0. The Labute approximate surface area is 90.9 Å². The lowest BCUT2D eigenvalue weighted by molar-refractivity contribution is -0.116. The smallest absolute Gasteiger partial charge is 0.148 e. The van der Waals surface area contributed by atoms with Crippen LogP contribution in [0.15, 0.2) is 30.3 Å². The molecule has 1 aromatic rings. The molecular formula is C13H17NO. The maximum atomic E-state index is 11.0. The van der Waals surface area contributed by atoms with Crippen molar-refractivity contribution in [3.05, 3.63) is 35.9 Å². The molecule has 2 rings (SSSR count). The van der Waals surface area contributed by atoms with E-state index in [0.29, 0.717) is 12.3 Å². The number of hydrogen-bond acceptors (Lipinski definition) is 2. The van der Waals surface area contributed by atoms with Crippen LogP contribution >= 0.6 is 0 Å². The minimum absolute atomic E-state index is 0.398. The number of ketones is 1. The van der Waals surface area contributed by atoms with Crippen molar-refractivity contribution in [3.63, 3.8) is 0 Å². The summed E-state index contributed by atoms with van der Waals surface area (Å²) in [6, 6.07) is 10.5. The van der Waals surface area contributed by atoms with Crippen LogP contribution in [0.4, 0.5) is 0 Å². The Morgan fingerprint density at radius 2 is 2.00 bits per heavy atom. The third-order valence-electron chi connectivity index (χ3n) is 2.89. The van der Waals surface area contributed by atoms with Gasteiger partial charge in [0.25, 0.3) is 0 Å². The van der Waals surface area contributed by atoms with E-state index in [4.69, 9.17) is 0 Å². The van der Waals surface area contributed by atoms with Crippen molar-refractivity contribution in [2.24, 2.45) is 0 Å². The molecule has 0 atom stereocenters. The summed E-state index contributed by atoms with van der Waals surface area (Å²) in [5, 5.41) is 0. The van der Waals surface area contributed by atoms with Crippen molar-refractivity contribution in [1.82, 2.24) is 4.90 Å². The van der Waals surface area contributed by atoms with Crippen LogP contribution in [0, 0.1) is 0 Å². The van der Waals surface area contributed by atoms with Crippen molar-refractivity contribution in [2.75, 3.05) is 19.6 Å². The molecule has 80 valence electrons. The summed E-state index contributed by atoms with van der Waals surface area (Å²) < 4.78 is 0. The lowest BCUT2D eigenvalue weighted by Crippen LogP contribution is -2.22. The van der Waals surface area contributed by atoms with E-state index in [-0.39, 0.29) is 0 Å². The third kappa shape index (κ3) is 3.17. The SMILES string of the molecule is O=C1CCN(CCCc2ccccc2)C1. The lowest BCUT2D eigenvalue weighted by atomic mass is 10.1. The molecule has 0 radical (unpaired) electrons. The van der Waals surface area contributed by atoms with E-state index in [9.17, 15) is 4.79 Å². The predicted octanol–water partition coefficient (Wildman–Crippen LogP) is 1.89. The molecule has 15 heavy (non-hydrogen) atoms. The second-order valence-corrected chi connectivity index (χ2v) is 4.15. The lowest BCUT2D eigenvalue weighted by Gasteiger charge is -2.12. The fourth-order valence-corrected chi connectivity index (χ4v) is 2.03. The van der Waals surface area contributed by atoms with Gasteiger partial charge in [-0.25, -0.2) is 0 Å². The molecule has 1 saturated heterocycles. The van der Waals surface area contributed by atoms with Crippen LogP contribution < -0.4 is 0 Å². The monoisotopic (exact) mass is 203 g/mol. The van der Waals surface area contributed by atoms with Crippen molar-refractivity contribution in [3.8, 4) is 0 Å². The minimum Gasteiger partial charge on any atom is -0.298 e. The van der Waals surface area contributed by atoms with Gasteiger partial charge in [-0.3, -0.25) is 9.69 Å². The number of hydrogen-bond donors (Lipinski definition) is 0. The van der Waals surface area contributed by atoms with Gasteiger partial charge in [-0.15, -0.1) is 0 Å². The standard InChI is InChI=1S/C13H17NO/c15-13-8-10-14(11-13)9-4-7-12-5-2-1-3-6-12/h1-3,5-6H,4,7-11H2. The molecule has 0 amide bonds. The van der Waals surface area contributed by atoms with Crippen molar-refractivity contribution in [2.45, 2.75) is 19.3 Å². The van der Waals surface area contributed by atoms with Gasteiger partial charge in [-0.1, -0.05) is 30.3 Å². The molecule has 0 spiro atoms. The number of likely N-dealkylation sites (tertiary alicyclic amines) is 1. The molecule has 1 aromatic carbocycles. The molecule has 0 saturated carbocycles. The largest absolute Gasteiger partial charge is 0.298 e. The van der Waals surface area contributed by atoms with Crippen LogP contribution in [0.5, 0.6) is 0 Å². The average Bonchev–Trinajstić information content (AvgIpc) is 2.66. The van der Waals surface area contributed by atoms with Gasteiger partial charge in [0.15, 0.2) is 0 Å². The maximum Gasteiger partial charge on any atom is 0.148 e. The Morgan fingerprint density at radius 1 is 1.20 bits per heavy atom. The number of carbonyl (C=O) groups is 1. The highest BCUT2D eigenvalue weighted by atomic mass is 16.1. The van der Waals surface area contributed by atoms with Gasteiger partial charge < -0.3 is 0 Å². The van der Waals surface area contributed by atoms with E-state index in [1.54, 1.807) is 0 Å². The van der Waals surface area contributed by atoms with Gasteiger partial charge in [0.05, 0.1) is 6.54 Å². The Bertz CT molecular complexity index is 321. The highest BCUT2D eigenvalue weighted by Crippen LogP contribution is 2.07. The van der Waals surface area contributed by atoms with Gasteiger partial charge in [-0.05, 0) is 24.9 Å². The molecule has 2 heteroatoms. The van der Waals surface area contributed by atoms with Crippen LogP contribution in [-0.4, -0.2) is 30.3 Å². The first kappa shape index (κ1) is 10.4. The maximum absolute atomic E-state index is 11.0. The van der Waals surface area contributed by atoms with E-state index in [1.807, 2.05) is 6.07 Å². The zero-order valence-corrected chi connectivity index (χ0v) is 8.98. The third-order valence-corrected chi connectivity index (χ3v) is 2.89. The molecular weight excluding hydrogens is 186 g/mol. The number of Topliss-reactive ketones (excluding diaryl/α,β-unsaturated/α-hetero) is 1. The van der Waals surface area contributed by atoms with Crippen molar-refractivity contribution < 1.29 is 4.79 Å². The van der Waals surface area contributed by atoms with Crippen molar-refractivity contribution >= 4 is 5.78 Å². The zero-order chi connectivity index (χ0) is 10.5. The summed E-state index contributed by atoms with van der Waals surface area (Å²) in [5.74, 6) is 0.398. The average molecular weight is 203 g/mol. The first-order valence-corrected chi connectivity index (χ1v) is 5.62. The molecule has 0 aromatic heterocycles.